The zero-order valence-electron chi connectivity index (χ0n) is 17.4. The van der Waals surface area contributed by atoms with Crippen LogP contribution in [0.3, 0.4) is 0 Å². The first-order valence-electron chi connectivity index (χ1n) is 9.58. The molecular weight excluding hydrogens is 451 g/mol. The Hall–Kier alpha value is -3.17. The highest BCUT2D eigenvalue weighted by Crippen LogP contribution is 2.28. The molecule has 0 atom stereocenters. The Morgan fingerprint density at radius 1 is 1.03 bits per heavy atom. The van der Waals surface area contributed by atoms with Crippen LogP contribution in [0.2, 0.25) is 0 Å². The van der Waals surface area contributed by atoms with Crippen LogP contribution >= 0.6 is 23.1 Å². The van der Waals surface area contributed by atoms with Crippen LogP contribution in [0, 0.1) is 5.82 Å². The number of hydrogen-bond donors (Lipinski definition) is 2. The molecule has 0 bridgehead atoms. The number of ether oxygens (including phenoxy) is 1. The van der Waals surface area contributed by atoms with Crippen molar-refractivity contribution in [2.45, 2.75) is 12.7 Å². The normalized spacial score (nSPS) is 10.5. The van der Waals surface area contributed by atoms with Crippen molar-refractivity contribution in [1.82, 2.24) is 10.9 Å². The molecule has 0 fully saturated rings. The largest absolute Gasteiger partial charge is 0.496 e. The van der Waals surface area contributed by atoms with E-state index in [9.17, 15) is 18.8 Å². The fourth-order valence-electron chi connectivity index (χ4n) is 2.82. The number of carbonyl (C=O) groups is 3. The molecule has 2 aromatic carbocycles. The Labute approximate surface area is 193 Å². The number of ketones is 1. The standard InChI is InChI=1S/C23H21FN2O4S2/c1-14(27)16-5-8-19(30-2)17(11-16)12-31-13-22(28)25-26-23(29)21-10-9-20(32-21)15-3-6-18(24)7-4-15/h3-11H,12-13H2,1-2H3,(H,25,28)(H,26,29). The zero-order chi connectivity index (χ0) is 23.1. The molecule has 0 aliphatic rings. The summed E-state index contributed by atoms with van der Waals surface area (Å²) < 4.78 is 18.4. The van der Waals surface area contributed by atoms with Gasteiger partial charge >= 0.3 is 0 Å². The van der Waals surface area contributed by atoms with Gasteiger partial charge in [0.25, 0.3) is 5.91 Å². The van der Waals surface area contributed by atoms with Gasteiger partial charge in [0.1, 0.15) is 11.6 Å². The lowest BCUT2D eigenvalue weighted by molar-refractivity contribution is -0.119. The van der Waals surface area contributed by atoms with Crippen molar-refractivity contribution in [3.63, 3.8) is 0 Å². The second kappa shape index (κ2) is 10.9. The third-order valence-corrected chi connectivity index (χ3v) is 6.57. The number of nitrogens with one attached hydrogen (secondary N) is 2. The molecule has 6 nitrogen and oxygen atoms in total. The van der Waals surface area contributed by atoms with Crippen LogP contribution in [0.4, 0.5) is 4.39 Å². The molecule has 2 amide bonds. The minimum Gasteiger partial charge on any atom is -0.496 e. The molecule has 0 aliphatic carbocycles. The van der Waals surface area contributed by atoms with E-state index in [4.69, 9.17) is 4.74 Å². The number of rotatable bonds is 8. The molecule has 3 rings (SSSR count). The molecule has 3 aromatic rings. The topological polar surface area (TPSA) is 84.5 Å². The Balaban J connectivity index is 1.48. The Morgan fingerprint density at radius 2 is 1.78 bits per heavy atom. The minimum absolute atomic E-state index is 0.0458. The van der Waals surface area contributed by atoms with E-state index in [0.29, 0.717) is 21.9 Å². The zero-order valence-corrected chi connectivity index (χ0v) is 19.1. The highest BCUT2D eigenvalue weighted by atomic mass is 32.2. The summed E-state index contributed by atoms with van der Waals surface area (Å²) in [5.41, 5.74) is 6.99. The third-order valence-electron chi connectivity index (χ3n) is 4.45. The molecule has 0 aliphatic heterocycles. The Kier molecular flexibility index (Phi) is 8.02. The number of hydrogen-bond acceptors (Lipinski definition) is 6. The van der Waals surface area contributed by atoms with E-state index in [1.54, 1.807) is 49.6 Å². The van der Waals surface area contributed by atoms with Crippen molar-refractivity contribution in [2.24, 2.45) is 0 Å². The highest BCUT2D eigenvalue weighted by Gasteiger charge is 2.13. The second-order valence-corrected chi connectivity index (χ2v) is 8.82. The monoisotopic (exact) mass is 472 g/mol. The summed E-state index contributed by atoms with van der Waals surface area (Å²) in [6, 6.07) is 14.6. The molecule has 32 heavy (non-hydrogen) atoms. The van der Waals surface area contributed by atoms with Crippen LogP contribution in [0.15, 0.2) is 54.6 Å². The number of benzene rings is 2. The van der Waals surface area contributed by atoms with E-state index in [-0.39, 0.29) is 23.3 Å². The lowest BCUT2D eigenvalue weighted by Crippen LogP contribution is -2.42. The molecule has 0 unspecified atom stereocenters. The smallest absolute Gasteiger partial charge is 0.279 e. The maximum atomic E-state index is 13.1. The molecule has 0 radical (unpaired) electrons. The number of amides is 2. The number of hydrazine groups is 1. The number of Topliss-reactive ketones (excluding diaryl/α,β-unsaturated/α-hetero) is 1. The van der Waals surface area contributed by atoms with Crippen molar-refractivity contribution >= 4 is 40.7 Å². The molecule has 2 N–H and O–H groups in total. The quantitative estimate of drug-likeness (QED) is 0.374. The van der Waals surface area contributed by atoms with Gasteiger partial charge in [-0.05, 0) is 55.0 Å². The number of thiophene rings is 1. The average molecular weight is 473 g/mol. The van der Waals surface area contributed by atoms with E-state index < -0.39 is 5.91 Å². The SMILES string of the molecule is COc1ccc(C(C)=O)cc1CSCC(=O)NNC(=O)c1ccc(-c2ccc(F)cc2)s1. The Morgan fingerprint density at radius 3 is 2.47 bits per heavy atom. The summed E-state index contributed by atoms with van der Waals surface area (Å²) in [5, 5.41) is 0. The van der Waals surface area contributed by atoms with Crippen molar-refractivity contribution < 1.29 is 23.5 Å². The first-order valence-corrected chi connectivity index (χ1v) is 11.5. The molecule has 0 spiro atoms. The van der Waals surface area contributed by atoms with Gasteiger partial charge in [0, 0.05) is 21.8 Å². The van der Waals surface area contributed by atoms with E-state index in [2.05, 4.69) is 10.9 Å². The average Bonchev–Trinajstić information content (AvgIpc) is 3.28. The lowest BCUT2D eigenvalue weighted by Gasteiger charge is -2.10. The molecule has 0 saturated heterocycles. The minimum atomic E-state index is -0.433. The number of methoxy groups -OCH3 is 1. The van der Waals surface area contributed by atoms with Crippen LogP contribution in [-0.4, -0.2) is 30.5 Å². The first-order chi connectivity index (χ1) is 15.4. The van der Waals surface area contributed by atoms with Crippen LogP contribution in [0.5, 0.6) is 5.75 Å². The van der Waals surface area contributed by atoms with Gasteiger partial charge in [-0.25, -0.2) is 4.39 Å². The van der Waals surface area contributed by atoms with E-state index in [1.807, 2.05) is 0 Å². The van der Waals surface area contributed by atoms with Gasteiger partial charge in [-0.3, -0.25) is 25.2 Å². The van der Waals surface area contributed by atoms with Crippen molar-refractivity contribution in [3.05, 3.63) is 76.4 Å². The Bertz CT molecular complexity index is 1130. The molecule has 9 heteroatoms. The van der Waals surface area contributed by atoms with E-state index in [0.717, 1.165) is 16.0 Å². The molecule has 0 saturated carbocycles. The maximum Gasteiger partial charge on any atom is 0.279 e. The van der Waals surface area contributed by atoms with Gasteiger partial charge in [0.05, 0.1) is 17.7 Å². The predicted octanol–water partition coefficient (Wildman–Crippen LogP) is 4.46. The summed E-state index contributed by atoms with van der Waals surface area (Å²) in [4.78, 5) is 37.2. The van der Waals surface area contributed by atoms with Gasteiger partial charge in [0.2, 0.25) is 5.91 Å². The summed E-state index contributed by atoms with van der Waals surface area (Å²) >= 11 is 2.57. The van der Waals surface area contributed by atoms with Gasteiger partial charge in [-0.1, -0.05) is 12.1 Å². The van der Waals surface area contributed by atoms with Crippen LogP contribution in [0.1, 0.15) is 32.5 Å². The van der Waals surface area contributed by atoms with Gasteiger partial charge in [-0.15, -0.1) is 23.1 Å². The summed E-state index contributed by atoms with van der Waals surface area (Å²) in [6.45, 7) is 1.49. The maximum absolute atomic E-state index is 13.1. The fraction of sp³-hybridized carbons (Fsp3) is 0.174. The van der Waals surface area contributed by atoms with E-state index >= 15 is 0 Å². The predicted molar refractivity (Wildman–Crippen MR) is 124 cm³/mol. The summed E-state index contributed by atoms with van der Waals surface area (Å²) in [6.07, 6.45) is 0. The number of carbonyl (C=O) groups excluding carboxylic acids is 3. The van der Waals surface area contributed by atoms with Crippen LogP contribution < -0.4 is 15.6 Å². The van der Waals surface area contributed by atoms with Gasteiger partial charge in [0.15, 0.2) is 5.78 Å². The van der Waals surface area contributed by atoms with Gasteiger partial charge < -0.3 is 4.74 Å². The second-order valence-electron chi connectivity index (χ2n) is 6.75. The summed E-state index contributed by atoms with van der Waals surface area (Å²) in [7, 11) is 1.55. The summed E-state index contributed by atoms with van der Waals surface area (Å²) in [5.74, 6) is 0.0597. The highest BCUT2D eigenvalue weighted by molar-refractivity contribution is 7.99. The van der Waals surface area contributed by atoms with Crippen LogP contribution in [-0.2, 0) is 10.5 Å². The molecule has 1 aromatic heterocycles. The van der Waals surface area contributed by atoms with Crippen molar-refractivity contribution in [3.8, 4) is 16.2 Å². The third kappa shape index (κ3) is 6.18. The fourth-order valence-corrected chi connectivity index (χ4v) is 4.53. The van der Waals surface area contributed by atoms with Crippen LogP contribution in [0.25, 0.3) is 10.4 Å². The van der Waals surface area contributed by atoms with Crippen molar-refractivity contribution in [2.75, 3.05) is 12.9 Å². The molecule has 166 valence electrons. The lowest BCUT2D eigenvalue weighted by atomic mass is 10.1. The van der Waals surface area contributed by atoms with Crippen molar-refractivity contribution in [1.29, 1.82) is 0 Å². The number of thioether (sulfide) groups is 1. The number of halogens is 1. The van der Waals surface area contributed by atoms with E-state index in [1.165, 1.54) is 42.2 Å². The molecular formula is C23H21FN2O4S2. The first kappa shape index (κ1) is 23.5. The van der Waals surface area contributed by atoms with Gasteiger partial charge in [-0.2, -0.15) is 0 Å². The molecule has 1 heterocycles.